The van der Waals surface area contributed by atoms with Gasteiger partial charge >= 0.3 is 0 Å². The molecular formula is C11H23N3O. The fourth-order valence-electron chi connectivity index (χ4n) is 1.38. The van der Waals surface area contributed by atoms with E-state index in [1.54, 1.807) is 7.11 Å². The van der Waals surface area contributed by atoms with Crippen LogP contribution in [0.5, 0.6) is 0 Å². The van der Waals surface area contributed by atoms with E-state index in [1.807, 2.05) is 6.92 Å². The zero-order valence-electron chi connectivity index (χ0n) is 10.0. The van der Waals surface area contributed by atoms with E-state index >= 15 is 0 Å². The second kappa shape index (κ2) is 5.35. The van der Waals surface area contributed by atoms with Crippen molar-refractivity contribution < 1.29 is 4.74 Å². The summed E-state index contributed by atoms with van der Waals surface area (Å²) in [5.74, 6) is 0.552. The Morgan fingerprint density at radius 1 is 1.60 bits per heavy atom. The first kappa shape index (κ1) is 12.3. The van der Waals surface area contributed by atoms with Crippen molar-refractivity contribution >= 4 is 5.96 Å². The van der Waals surface area contributed by atoms with Gasteiger partial charge in [-0.3, -0.25) is 4.99 Å². The zero-order valence-corrected chi connectivity index (χ0v) is 10.0. The summed E-state index contributed by atoms with van der Waals surface area (Å²) in [7, 11) is 1.72. The summed E-state index contributed by atoms with van der Waals surface area (Å²) in [5.41, 5.74) is 5.60. The molecule has 0 saturated heterocycles. The molecular weight excluding hydrogens is 190 g/mol. The van der Waals surface area contributed by atoms with Gasteiger partial charge in [0, 0.05) is 13.2 Å². The number of nitrogens with zero attached hydrogens (tertiary/aromatic N) is 1. The van der Waals surface area contributed by atoms with Crippen molar-refractivity contribution in [3.63, 3.8) is 0 Å². The molecule has 15 heavy (non-hydrogen) atoms. The number of ether oxygens (including phenoxy) is 1. The lowest BCUT2D eigenvalue weighted by Gasteiger charge is -2.28. The maximum Gasteiger partial charge on any atom is 0.188 e. The number of hydrogen-bond acceptors (Lipinski definition) is 2. The van der Waals surface area contributed by atoms with E-state index in [9.17, 15) is 0 Å². The van der Waals surface area contributed by atoms with Gasteiger partial charge in [0.05, 0.1) is 12.1 Å². The Morgan fingerprint density at radius 3 is 2.67 bits per heavy atom. The number of hydrogen-bond donors (Lipinski definition) is 2. The highest BCUT2D eigenvalue weighted by Crippen LogP contribution is 2.18. The molecule has 1 aliphatic rings. The van der Waals surface area contributed by atoms with E-state index in [2.05, 4.69) is 17.2 Å². The third kappa shape index (κ3) is 3.70. The van der Waals surface area contributed by atoms with Crippen LogP contribution >= 0.6 is 0 Å². The molecule has 1 aliphatic carbocycles. The first-order valence-corrected chi connectivity index (χ1v) is 5.71. The Labute approximate surface area is 92.3 Å². The predicted molar refractivity (Wildman–Crippen MR) is 63.0 cm³/mol. The molecule has 0 spiro atoms. The molecule has 1 saturated carbocycles. The van der Waals surface area contributed by atoms with Gasteiger partial charge < -0.3 is 15.8 Å². The molecule has 1 rings (SSSR count). The highest BCUT2D eigenvalue weighted by Gasteiger charge is 2.21. The fraction of sp³-hybridized carbons (Fsp3) is 0.909. The maximum atomic E-state index is 5.78. The quantitative estimate of drug-likeness (QED) is 0.534. The molecule has 3 N–H and O–H groups in total. The number of rotatable bonds is 5. The fourth-order valence-corrected chi connectivity index (χ4v) is 1.38. The number of nitrogens with two attached hydrogens (primary N) is 1. The van der Waals surface area contributed by atoms with Crippen LogP contribution in [-0.4, -0.2) is 31.3 Å². The van der Waals surface area contributed by atoms with Crippen LogP contribution in [-0.2, 0) is 4.74 Å². The number of guanidine groups is 1. The third-order valence-corrected chi connectivity index (χ3v) is 3.28. The van der Waals surface area contributed by atoms with E-state index < -0.39 is 0 Å². The molecule has 0 heterocycles. The molecule has 0 aromatic rings. The first-order valence-electron chi connectivity index (χ1n) is 5.71. The molecule has 1 atom stereocenters. The van der Waals surface area contributed by atoms with E-state index in [1.165, 1.54) is 19.3 Å². The lowest BCUT2D eigenvalue weighted by Crippen LogP contribution is -2.44. The Bertz CT molecular complexity index is 220. The van der Waals surface area contributed by atoms with Crippen molar-refractivity contribution in [1.29, 1.82) is 0 Å². The highest BCUT2D eigenvalue weighted by atomic mass is 16.5. The highest BCUT2D eigenvalue weighted by molar-refractivity contribution is 5.78. The molecule has 0 aromatic heterocycles. The van der Waals surface area contributed by atoms with E-state index in [0.29, 0.717) is 18.5 Å². The largest absolute Gasteiger partial charge is 0.377 e. The molecule has 4 nitrogen and oxygen atoms in total. The summed E-state index contributed by atoms with van der Waals surface area (Å²) in [4.78, 5) is 4.32. The van der Waals surface area contributed by atoms with E-state index in [-0.39, 0.29) is 5.60 Å². The van der Waals surface area contributed by atoms with Crippen LogP contribution in [0.1, 0.15) is 39.5 Å². The monoisotopic (exact) mass is 213 g/mol. The molecule has 0 radical (unpaired) electrons. The summed E-state index contributed by atoms with van der Waals surface area (Å²) in [5, 5.41) is 3.21. The smallest absolute Gasteiger partial charge is 0.188 e. The zero-order chi connectivity index (χ0) is 11.3. The maximum absolute atomic E-state index is 5.78. The molecule has 1 unspecified atom stereocenters. The summed E-state index contributed by atoms with van der Waals surface area (Å²) < 4.78 is 5.39. The average molecular weight is 213 g/mol. The Kier molecular flexibility index (Phi) is 4.39. The molecule has 1 fully saturated rings. The summed E-state index contributed by atoms with van der Waals surface area (Å²) in [6.45, 7) is 4.76. The molecule has 0 aromatic carbocycles. The van der Waals surface area contributed by atoms with Crippen LogP contribution in [0.25, 0.3) is 0 Å². The standard InChI is InChI=1S/C11H23N3O/c1-4-11(2,15-3)8-13-10(12)14-9-6-5-7-9/h9H,4-8H2,1-3H3,(H3,12,13,14). The SMILES string of the molecule is CCC(C)(CN=C(N)NC1CCC1)OC. The topological polar surface area (TPSA) is 59.6 Å². The minimum Gasteiger partial charge on any atom is -0.377 e. The van der Waals surface area contributed by atoms with Gasteiger partial charge in [-0.1, -0.05) is 6.92 Å². The van der Waals surface area contributed by atoms with Crippen molar-refractivity contribution in [2.75, 3.05) is 13.7 Å². The van der Waals surface area contributed by atoms with Gasteiger partial charge in [0.1, 0.15) is 0 Å². The van der Waals surface area contributed by atoms with Gasteiger partial charge in [0.2, 0.25) is 0 Å². The summed E-state index contributed by atoms with van der Waals surface area (Å²) in [6, 6.07) is 0.546. The average Bonchev–Trinajstić information content (AvgIpc) is 2.20. The normalized spacial score (nSPS) is 21.9. The number of nitrogens with one attached hydrogen (secondary N) is 1. The van der Waals surface area contributed by atoms with Crippen LogP contribution in [0, 0.1) is 0 Å². The third-order valence-electron chi connectivity index (χ3n) is 3.28. The summed E-state index contributed by atoms with van der Waals surface area (Å²) >= 11 is 0. The Hall–Kier alpha value is -0.770. The molecule has 0 bridgehead atoms. The van der Waals surface area contributed by atoms with Crippen molar-refractivity contribution in [1.82, 2.24) is 5.32 Å². The minimum absolute atomic E-state index is 0.189. The van der Waals surface area contributed by atoms with Gasteiger partial charge in [0.15, 0.2) is 5.96 Å². The van der Waals surface area contributed by atoms with E-state index in [0.717, 1.165) is 6.42 Å². The lowest BCUT2D eigenvalue weighted by molar-refractivity contribution is 0.0112. The first-order chi connectivity index (χ1) is 7.09. The molecule has 88 valence electrons. The van der Waals surface area contributed by atoms with Crippen molar-refractivity contribution in [2.45, 2.75) is 51.2 Å². The van der Waals surface area contributed by atoms with Gasteiger partial charge in [-0.15, -0.1) is 0 Å². The predicted octanol–water partition coefficient (Wildman–Crippen LogP) is 1.26. The van der Waals surface area contributed by atoms with Gasteiger partial charge in [-0.25, -0.2) is 0 Å². The van der Waals surface area contributed by atoms with Crippen LogP contribution in [0.15, 0.2) is 4.99 Å². The van der Waals surface area contributed by atoms with Gasteiger partial charge in [-0.2, -0.15) is 0 Å². The molecule has 0 aliphatic heterocycles. The van der Waals surface area contributed by atoms with Crippen LogP contribution in [0.2, 0.25) is 0 Å². The van der Waals surface area contributed by atoms with Crippen molar-refractivity contribution in [3.8, 4) is 0 Å². The van der Waals surface area contributed by atoms with Gasteiger partial charge in [0.25, 0.3) is 0 Å². The number of aliphatic imine (C=N–C) groups is 1. The van der Waals surface area contributed by atoms with Crippen LogP contribution in [0.4, 0.5) is 0 Å². The second-order valence-electron chi connectivity index (χ2n) is 4.48. The molecule has 4 heteroatoms. The minimum atomic E-state index is -0.189. The Morgan fingerprint density at radius 2 is 2.27 bits per heavy atom. The van der Waals surface area contributed by atoms with E-state index in [4.69, 9.17) is 10.5 Å². The van der Waals surface area contributed by atoms with Gasteiger partial charge in [-0.05, 0) is 32.6 Å². The van der Waals surface area contributed by atoms with Crippen LogP contribution in [0.3, 0.4) is 0 Å². The second-order valence-corrected chi connectivity index (χ2v) is 4.48. The molecule has 0 amide bonds. The van der Waals surface area contributed by atoms with Crippen molar-refractivity contribution in [3.05, 3.63) is 0 Å². The summed E-state index contributed by atoms with van der Waals surface area (Å²) in [6.07, 6.45) is 4.66. The Balaban J connectivity index is 2.33. The van der Waals surface area contributed by atoms with Crippen LogP contribution < -0.4 is 11.1 Å². The van der Waals surface area contributed by atoms with Crippen molar-refractivity contribution in [2.24, 2.45) is 10.7 Å². The number of methoxy groups -OCH3 is 1. The lowest BCUT2D eigenvalue weighted by atomic mass is 9.93.